The lowest BCUT2D eigenvalue weighted by Gasteiger charge is -2.17. The first-order chi connectivity index (χ1) is 17.8. The molecule has 1 amide bonds. The molecule has 1 unspecified atom stereocenters. The van der Waals surface area contributed by atoms with Gasteiger partial charge in [-0.05, 0) is 79.0 Å². The zero-order valence-corrected chi connectivity index (χ0v) is 21.5. The Hall–Kier alpha value is -3.71. The van der Waals surface area contributed by atoms with Crippen molar-refractivity contribution in [1.82, 2.24) is 9.62 Å². The average molecular weight is 519 g/mol. The number of amides is 1. The maximum absolute atomic E-state index is 12.7. The number of nitriles is 1. The summed E-state index contributed by atoms with van der Waals surface area (Å²) in [6, 6.07) is 23.5. The first-order valence-corrected chi connectivity index (χ1v) is 13.7. The minimum Gasteiger partial charge on any atom is -0.494 e. The number of likely N-dealkylation sites (tertiary alicyclic amines) is 1. The number of anilines is 1. The van der Waals surface area contributed by atoms with Crippen LogP contribution in [0.1, 0.15) is 25.3 Å². The van der Waals surface area contributed by atoms with Crippen molar-refractivity contribution in [3.05, 3.63) is 78.4 Å². The molecule has 0 bridgehead atoms. The van der Waals surface area contributed by atoms with Gasteiger partial charge in [0.15, 0.2) is 0 Å². The van der Waals surface area contributed by atoms with Gasteiger partial charge in [0.2, 0.25) is 15.9 Å². The molecule has 0 saturated carbocycles. The fraction of sp³-hybridized carbons (Fsp3) is 0.286. The summed E-state index contributed by atoms with van der Waals surface area (Å²) in [6.45, 7) is 4.29. The van der Waals surface area contributed by atoms with Gasteiger partial charge in [-0.1, -0.05) is 24.3 Å². The molecule has 2 N–H and O–H groups in total. The normalized spacial score (nSPS) is 15.7. The van der Waals surface area contributed by atoms with Crippen LogP contribution in [-0.2, 0) is 14.8 Å². The largest absolute Gasteiger partial charge is 0.494 e. The van der Waals surface area contributed by atoms with Crippen LogP contribution in [0.4, 0.5) is 5.69 Å². The van der Waals surface area contributed by atoms with Crippen molar-refractivity contribution < 1.29 is 17.9 Å². The Bertz CT molecular complexity index is 1350. The van der Waals surface area contributed by atoms with Crippen molar-refractivity contribution in [2.45, 2.75) is 30.7 Å². The molecule has 9 heteroatoms. The molecule has 1 atom stereocenters. The van der Waals surface area contributed by atoms with Crippen molar-refractivity contribution in [2.24, 2.45) is 0 Å². The van der Waals surface area contributed by atoms with E-state index >= 15 is 0 Å². The van der Waals surface area contributed by atoms with Crippen LogP contribution in [0.25, 0.3) is 11.1 Å². The van der Waals surface area contributed by atoms with E-state index in [-0.39, 0.29) is 16.8 Å². The average Bonchev–Trinajstić information content (AvgIpc) is 3.33. The van der Waals surface area contributed by atoms with Gasteiger partial charge in [0.1, 0.15) is 5.75 Å². The molecule has 4 rings (SSSR count). The number of hydrogen-bond acceptors (Lipinski definition) is 6. The predicted molar refractivity (Wildman–Crippen MR) is 143 cm³/mol. The Morgan fingerprint density at radius 2 is 1.68 bits per heavy atom. The molecule has 0 radical (unpaired) electrons. The third kappa shape index (κ3) is 7.40. The summed E-state index contributed by atoms with van der Waals surface area (Å²) in [5, 5.41) is 11.6. The van der Waals surface area contributed by atoms with Gasteiger partial charge in [-0.25, -0.2) is 13.1 Å². The number of benzene rings is 3. The van der Waals surface area contributed by atoms with Gasteiger partial charge in [0.05, 0.1) is 23.1 Å². The van der Waals surface area contributed by atoms with Gasteiger partial charge in [0, 0.05) is 31.7 Å². The molecule has 8 nitrogen and oxygen atoms in total. The summed E-state index contributed by atoms with van der Waals surface area (Å²) in [4.78, 5) is 13.6. The second-order valence-electron chi connectivity index (χ2n) is 9.03. The molecular weight excluding hydrogens is 488 g/mol. The smallest absolute Gasteiger partial charge is 0.240 e. The highest BCUT2D eigenvalue weighted by atomic mass is 32.2. The fourth-order valence-electron chi connectivity index (χ4n) is 4.30. The molecular formula is C28H30N4O4S. The Balaban J connectivity index is 1.18. The summed E-state index contributed by atoms with van der Waals surface area (Å²) in [5.74, 6) is 0.594. The zero-order valence-electron chi connectivity index (χ0n) is 20.7. The Labute approximate surface area is 217 Å². The predicted octanol–water partition coefficient (Wildman–Crippen LogP) is 4.01. The molecule has 1 aliphatic heterocycles. The van der Waals surface area contributed by atoms with Crippen molar-refractivity contribution >= 4 is 21.6 Å². The Morgan fingerprint density at radius 1 is 1.03 bits per heavy atom. The molecule has 3 aromatic rings. The number of ether oxygens (including phenoxy) is 1. The quantitative estimate of drug-likeness (QED) is 0.393. The van der Waals surface area contributed by atoms with Crippen molar-refractivity contribution in [2.75, 3.05) is 31.6 Å². The summed E-state index contributed by atoms with van der Waals surface area (Å²) in [5.41, 5.74) is 3.31. The van der Waals surface area contributed by atoms with E-state index in [9.17, 15) is 13.2 Å². The number of nitrogens with zero attached hydrogens (tertiary/aromatic N) is 2. The van der Waals surface area contributed by atoms with Gasteiger partial charge < -0.3 is 15.0 Å². The van der Waals surface area contributed by atoms with Crippen LogP contribution in [0.2, 0.25) is 0 Å². The van der Waals surface area contributed by atoms with Gasteiger partial charge in [-0.3, -0.25) is 4.79 Å². The monoisotopic (exact) mass is 518 g/mol. The lowest BCUT2D eigenvalue weighted by molar-refractivity contribution is -0.114. The van der Waals surface area contributed by atoms with Crippen molar-refractivity contribution in [1.29, 1.82) is 5.26 Å². The van der Waals surface area contributed by atoms with Gasteiger partial charge in [-0.15, -0.1) is 0 Å². The van der Waals surface area contributed by atoms with E-state index in [4.69, 9.17) is 10.00 Å². The van der Waals surface area contributed by atoms with E-state index in [1.165, 1.54) is 19.1 Å². The summed E-state index contributed by atoms with van der Waals surface area (Å²) in [7, 11) is -3.63. The molecule has 1 fully saturated rings. The number of rotatable bonds is 10. The lowest BCUT2D eigenvalue weighted by Crippen LogP contribution is -2.37. The zero-order chi connectivity index (χ0) is 26.3. The summed E-state index contributed by atoms with van der Waals surface area (Å²) >= 11 is 0. The van der Waals surface area contributed by atoms with Crippen LogP contribution in [0.15, 0.2) is 77.7 Å². The third-order valence-corrected chi connectivity index (χ3v) is 7.70. The number of hydrogen-bond donors (Lipinski definition) is 2. The second-order valence-corrected chi connectivity index (χ2v) is 10.7. The van der Waals surface area contributed by atoms with Crippen LogP contribution in [0, 0.1) is 11.3 Å². The maximum Gasteiger partial charge on any atom is 0.240 e. The summed E-state index contributed by atoms with van der Waals surface area (Å²) < 4.78 is 34.2. The minimum atomic E-state index is -3.63. The van der Waals surface area contributed by atoms with E-state index < -0.39 is 10.0 Å². The fourth-order valence-corrected chi connectivity index (χ4v) is 5.56. The van der Waals surface area contributed by atoms with E-state index in [0.29, 0.717) is 24.4 Å². The number of carbonyl (C=O) groups is 1. The Morgan fingerprint density at radius 3 is 2.30 bits per heavy atom. The highest BCUT2D eigenvalue weighted by molar-refractivity contribution is 7.89. The van der Waals surface area contributed by atoms with Gasteiger partial charge in [-0.2, -0.15) is 5.26 Å². The molecule has 3 aromatic carbocycles. The SMILES string of the molecule is CC(=O)Nc1ccc(S(=O)(=O)NC2CCN(CCCOc3ccc(-c4ccc(C#N)cc4)cc3)C2)cc1. The van der Waals surface area contributed by atoms with E-state index in [2.05, 4.69) is 21.0 Å². The van der Waals surface area contributed by atoms with Gasteiger partial charge in [0.25, 0.3) is 0 Å². The highest BCUT2D eigenvalue weighted by Crippen LogP contribution is 2.23. The topological polar surface area (TPSA) is 112 Å². The molecule has 37 heavy (non-hydrogen) atoms. The molecule has 1 aliphatic rings. The van der Waals surface area contributed by atoms with Crippen LogP contribution in [0.3, 0.4) is 0 Å². The molecule has 0 aliphatic carbocycles. The van der Waals surface area contributed by atoms with E-state index in [1.54, 1.807) is 24.3 Å². The molecule has 0 aromatic heterocycles. The van der Waals surface area contributed by atoms with E-state index in [1.807, 2.05) is 36.4 Å². The highest BCUT2D eigenvalue weighted by Gasteiger charge is 2.27. The molecule has 0 spiro atoms. The van der Waals surface area contributed by atoms with Crippen molar-refractivity contribution in [3.8, 4) is 22.9 Å². The molecule has 1 heterocycles. The Kier molecular flexibility index (Phi) is 8.56. The van der Waals surface area contributed by atoms with Crippen LogP contribution >= 0.6 is 0 Å². The first kappa shape index (κ1) is 26.4. The minimum absolute atomic E-state index is 0.143. The molecule has 192 valence electrons. The van der Waals surface area contributed by atoms with Gasteiger partial charge >= 0.3 is 0 Å². The third-order valence-electron chi connectivity index (χ3n) is 6.17. The van der Waals surface area contributed by atoms with Crippen LogP contribution in [0.5, 0.6) is 5.75 Å². The number of carbonyl (C=O) groups excluding carboxylic acids is 1. The number of nitrogens with one attached hydrogen (secondary N) is 2. The standard InChI is InChI=1S/C28H30N4O4S/c1-21(33)30-25-9-13-28(14-10-25)37(34,35)31-26-15-17-32(20-26)16-2-18-36-27-11-7-24(8-12-27)23-5-3-22(19-29)4-6-23/h3-14,26,31H,2,15-18,20H2,1H3,(H,30,33). The lowest BCUT2D eigenvalue weighted by atomic mass is 10.0. The number of sulfonamides is 1. The first-order valence-electron chi connectivity index (χ1n) is 12.2. The van der Waals surface area contributed by atoms with Crippen molar-refractivity contribution in [3.63, 3.8) is 0 Å². The molecule has 1 saturated heterocycles. The second kappa shape index (κ2) is 12.0. The van der Waals surface area contributed by atoms with Crippen LogP contribution in [-0.4, -0.2) is 51.5 Å². The summed E-state index contributed by atoms with van der Waals surface area (Å²) in [6.07, 6.45) is 1.59. The van der Waals surface area contributed by atoms with E-state index in [0.717, 1.165) is 42.8 Å². The van der Waals surface area contributed by atoms with Crippen LogP contribution < -0.4 is 14.8 Å². The maximum atomic E-state index is 12.7.